The first kappa shape index (κ1) is 23.1. The molecule has 11 heteroatoms. The molecule has 0 aliphatic rings. The average Bonchev–Trinajstić information content (AvgIpc) is 3.32. The van der Waals surface area contributed by atoms with Gasteiger partial charge in [0.05, 0.1) is 18.3 Å². The van der Waals surface area contributed by atoms with E-state index in [-0.39, 0.29) is 12.1 Å². The van der Waals surface area contributed by atoms with E-state index in [2.05, 4.69) is 25.6 Å². The van der Waals surface area contributed by atoms with Crippen molar-refractivity contribution in [2.24, 2.45) is 0 Å². The summed E-state index contributed by atoms with van der Waals surface area (Å²) in [5.74, 6) is -1.70. The van der Waals surface area contributed by atoms with E-state index < -0.39 is 30.9 Å². The van der Waals surface area contributed by atoms with Gasteiger partial charge in [0.25, 0.3) is 5.91 Å². The van der Waals surface area contributed by atoms with Gasteiger partial charge in [-0.05, 0) is 24.8 Å². The highest BCUT2D eigenvalue weighted by Gasteiger charge is 2.30. The van der Waals surface area contributed by atoms with E-state index in [0.717, 1.165) is 12.0 Å². The molecule has 2 amide bonds. The molecule has 3 aromatic rings. The molecule has 32 heavy (non-hydrogen) atoms. The molecular weight excluding hydrogens is 413 g/mol. The largest absolute Gasteiger partial charge is 0.475 e. The fourth-order valence-electron chi connectivity index (χ4n) is 3.15. The van der Waals surface area contributed by atoms with Gasteiger partial charge < -0.3 is 25.1 Å². The number of rotatable bonds is 11. The van der Waals surface area contributed by atoms with Gasteiger partial charge in [-0.1, -0.05) is 30.3 Å². The third-order valence-corrected chi connectivity index (χ3v) is 4.82. The number of hydrogen-bond donors (Lipinski definition) is 4. The maximum Gasteiger partial charge on any atom is 0.475 e. The van der Waals surface area contributed by atoms with Crippen LogP contribution in [0.5, 0.6) is 0 Å². The summed E-state index contributed by atoms with van der Waals surface area (Å²) in [6, 6.07) is 8.71. The highest BCUT2D eigenvalue weighted by atomic mass is 16.4. The minimum Gasteiger partial charge on any atom is -0.448 e. The summed E-state index contributed by atoms with van der Waals surface area (Å²) in [5.41, 5.74) is 1.16. The van der Waals surface area contributed by atoms with Crippen molar-refractivity contribution >= 4 is 18.9 Å². The number of nitrogens with zero attached hydrogens (tertiary/aromatic N) is 3. The number of carbonyl (C=O) groups excluding carboxylic acids is 2. The lowest BCUT2D eigenvalue weighted by atomic mass is 9.76. The van der Waals surface area contributed by atoms with E-state index in [1.165, 1.54) is 31.2 Å². The van der Waals surface area contributed by atoms with Gasteiger partial charge in [-0.15, -0.1) is 0 Å². The number of aromatic nitrogens is 3. The quantitative estimate of drug-likeness (QED) is 0.314. The standard InChI is InChI=1S/C21H24BN5O5/c28-20(27-19(22(30)31)8-4-7-15-5-2-1-3-6-15)17(11-16-12-24-14-32-16)26-21(29)18-13-23-9-10-25-18/h1-3,5-6,9-10,12-14,17,19,30-31H,4,7-8,11H2,(H,26,29)(H,27,28). The molecule has 10 nitrogen and oxygen atoms in total. The van der Waals surface area contributed by atoms with Crippen LogP contribution in [0.4, 0.5) is 0 Å². The fraction of sp³-hybridized carbons (Fsp3) is 0.286. The number of benzene rings is 1. The van der Waals surface area contributed by atoms with Gasteiger partial charge in [0.1, 0.15) is 17.5 Å². The minimum atomic E-state index is -1.75. The summed E-state index contributed by atoms with van der Waals surface area (Å²) in [4.78, 5) is 37.0. The zero-order valence-electron chi connectivity index (χ0n) is 17.3. The molecule has 2 atom stereocenters. The number of amides is 2. The van der Waals surface area contributed by atoms with Crippen LogP contribution in [0.15, 0.2) is 65.9 Å². The van der Waals surface area contributed by atoms with Crippen LogP contribution in [0, 0.1) is 0 Å². The highest BCUT2D eigenvalue weighted by Crippen LogP contribution is 2.09. The summed E-state index contributed by atoms with van der Waals surface area (Å²) in [7, 11) is -1.75. The molecule has 0 bridgehead atoms. The lowest BCUT2D eigenvalue weighted by Crippen LogP contribution is -2.54. The Kier molecular flexibility index (Phi) is 8.47. The van der Waals surface area contributed by atoms with Crippen LogP contribution < -0.4 is 10.6 Å². The smallest absolute Gasteiger partial charge is 0.448 e. The maximum absolute atomic E-state index is 12.9. The number of carbonyl (C=O) groups is 2. The Morgan fingerprint density at radius 1 is 1.06 bits per heavy atom. The molecular formula is C21H24BN5O5. The van der Waals surface area contributed by atoms with Gasteiger partial charge in [0, 0.05) is 18.8 Å². The molecule has 0 saturated carbocycles. The Morgan fingerprint density at radius 2 is 1.88 bits per heavy atom. The number of oxazole rings is 1. The molecule has 166 valence electrons. The van der Waals surface area contributed by atoms with Crippen molar-refractivity contribution in [3.8, 4) is 0 Å². The lowest BCUT2D eigenvalue weighted by molar-refractivity contribution is -0.123. The molecule has 3 rings (SSSR count). The summed E-state index contributed by atoms with van der Waals surface area (Å²) in [6.07, 6.45) is 8.45. The van der Waals surface area contributed by atoms with Gasteiger partial charge in [0.15, 0.2) is 6.39 Å². The first-order valence-electron chi connectivity index (χ1n) is 10.2. The van der Waals surface area contributed by atoms with Crippen LogP contribution in [-0.2, 0) is 17.6 Å². The first-order valence-corrected chi connectivity index (χ1v) is 10.2. The zero-order chi connectivity index (χ0) is 22.8. The Morgan fingerprint density at radius 3 is 2.53 bits per heavy atom. The molecule has 0 aliphatic carbocycles. The van der Waals surface area contributed by atoms with Crippen LogP contribution >= 0.6 is 0 Å². The van der Waals surface area contributed by atoms with E-state index in [1.807, 2.05) is 30.3 Å². The fourth-order valence-corrected chi connectivity index (χ4v) is 3.15. The summed E-state index contributed by atoms with van der Waals surface area (Å²) >= 11 is 0. The zero-order valence-corrected chi connectivity index (χ0v) is 17.3. The molecule has 1 aromatic carbocycles. The SMILES string of the molecule is O=C(NC(Cc1cnco1)C(=O)NC(CCCc1ccccc1)B(O)O)c1cnccn1. The summed E-state index contributed by atoms with van der Waals surface area (Å²) < 4.78 is 5.20. The first-order chi connectivity index (χ1) is 15.5. The molecule has 0 spiro atoms. The van der Waals surface area contributed by atoms with Gasteiger partial charge in [-0.25, -0.2) is 9.97 Å². The van der Waals surface area contributed by atoms with Crippen LogP contribution in [0.1, 0.15) is 34.7 Å². The average molecular weight is 437 g/mol. The van der Waals surface area contributed by atoms with E-state index in [9.17, 15) is 19.6 Å². The Hall–Kier alpha value is -3.57. The topological polar surface area (TPSA) is 150 Å². The summed E-state index contributed by atoms with van der Waals surface area (Å²) in [6.45, 7) is 0. The van der Waals surface area contributed by atoms with Crippen molar-refractivity contribution in [2.45, 2.75) is 37.7 Å². The Labute approximate surface area is 185 Å². The van der Waals surface area contributed by atoms with Gasteiger partial charge in [-0.2, -0.15) is 0 Å². The molecule has 2 heterocycles. The third kappa shape index (κ3) is 7.00. The Bertz CT molecular complexity index is 973. The maximum atomic E-state index is 12.9. The van der Waals surface area contributed by atoms with Gasteiger partial charge >= 0.3 is 7.12 Å². The normalized spacial score (nSPS) is 12.6. The predicted molar refractivity (Wildman–Crippen MR) is 115 cm³/mol. The van der Waals surface area contributed by atoms with Crippen molar-refractivity contribution in [2.75, 3.05) is 0 Å². The third-order valence-electron chi connectivity index (χ3n) is 4.82. The molecule has 0 radical (unpaired) electrons. The van der Waals surface area contributed by atoms with Crippen molar-refractivity contribution in [1.29, 1.82) is 0 Å². The molecule has 0 fully saturated rings. The van der Waals surface area contributed by atoms with E-state index in [4.69, 9.17) is 4.42 Å². The van der Waals surface area contributed by atoms with Crippen LogP contribution in [0.2, 0.25) is 0 Å². The monoisotopic (exact) mass is 437 g/mol. The van der Waals surface area contributed by atoms with E-state index in [0.29, 0.717) is 18.6 Å². The van der Waals surface area contributed by atoms with E-state index in [1.54, 1.807) is 0 Å². The lowest BCUT2D eigenvalue weighted by Gasteiger charge is -2.22. The summed E-state index contributed by atoms with van der Waals surface area (Å²) in [5, 5.41) is 24.7. The van der Waals surface area contributed by atoms with Gasteiger partial charge in [-0.3, -0.25) is 14.6 Å². The Balaban J connectivity index is 1.64. The molecule has 0 saturated heterocycles. The van der Waals surface area contributed by atoms with Crippen molar-refractivity contribution < 1.29 is 24.1 Å². The number of aryl methyl sites for hydroxylation is 1. The van der Waals surface area contributed by atoms with Crippen LogP contribution in [0.3, 0.4) is 0 Å². The second-order valence-corrected chi connectivity index (χ2v) is 7.20. The molecule has 4 N–H and O–H groups in total. The molecule has 2 unspecified atom stereocenters. The second-order valence-electron chi connectivity index (χ2n) is 7.20. The van der Waals surface area contributed by atoms with Crippen molar-refractivity contribution in [3.05, 3.63) is 78.5 Å². The minimum absolute atomic E-state index is 0.0239. The van der Waals surface area contributed by atoms with Crippen molar-refractivity contribution in [1.82, 2.24) is 25.6 Å². The molecule has 0 aliphatic heterocycles. The van der Waals surface area contributed by atoms with Gasteiger partial charge in [0.2, 0.25) is 5.91 Å². The number of nitrogens with one attached hydrogen (secondary N) is 2. The number of hydrogen-bond acceptors (Lipinski definition) is 8. The predicted octanol–water partition coefficient (Wildman–Crippen LogP) is 0.325. The highest BCUT2D eigenvalue weighted by molar-refractivity contribution is 6.43. The molecule has 2 aromatic heterocycles. The van der Waals surface area contributed by atoms with Crippen LogP contribution in [0.25, 0.3) is 0 Å². The van der Waals surface area contributed by atoms with Crippen LogP contribution in [-0.4, -0.2) is 55.9 Å². The second kappa shape index (κ2) is 11.7. The van der Waals surface area contributed by atoms with E-state index >= 15 is 0 Å². The van der Waals surface area contributed by atoms with Crippen molar-refractivity contribution in [3.63, 3.8) is 0 Å².